The minimum Gasteiger partial charge on any atom is -1.00 e. The fraction of sp³-hybridized carbons (Fsp3) is 0.242. The Morgan fingerprint density at radius 3 is 0.919 bits per heavy atom. The van der Waals surface area contributed by atoms with Crippen LogP contribution in [0, 0.1) is 11.8 Å². The van der Waals surface area contributed by atoms with Crippen LogP contribution < -0.4 is 21.2 Å². The van der Waals surface area contributed by atoms with Crippen LogP contribution in [0.15, 0.2) is 121 Å². The van der Waals surface area contributed by atoms with Crippen LogP contribution in [-0.2, 0) is 24.3 Å². The van der Waals surface area contributed by atoms with Crippen molar-refractivity contribution in [1.29, 1.82) is 0 Å². The first-order valence-corrected chi connectivity index (χ1v) is 15.9. The molecule has 1 saturated carbocycles. The van der Waals surface area contributed by atoms with E-state index in [0.29, 0.717) is 0 Å². The van der Waals surface area contributed by atoms with Gasteiger partial charge in [-0.15, -0.1) is 0 Å². The van der Waals surface area contributed by atoms with Crippen molar-refractivity contribution in [2.24, 2.45) is 11.8 Å². The summed E-state index contributed by atoms with van der Waals surface area (Å²) in [7, 11) is -0.546. The van der Waals surface area contributed by atoms with Gasteiger partial charge in [-0.3, -0.25) is 4.79 Å². The van der Waals surface area contributed by atoms with Crippen molar-refractivity contribution in [3.8, 4) is 0 Å². The summed E-state index contributed by atoms with van der Waals surface area (Å²) in [5.41, 5.74) is 0. The summed E-state index contributed by atoms with van der Waals surface area (Å²) in [6.07, 6.45) is 8.21. The predicted molar refractivity (Wildman–Crippen MR) is 162 cm³/mol. The number of carbonyl (C=O) groups excluding carboxylic acids is 1. The summed E-state index contributed by atoms with van der Waals surface area (Å²) < 4.78 is 0. The molecule has 0 aromatic heterocycles. The molecule has 1 fully saturated rings. The van der Waals surface area contributed by atoms with Gasteiger partial charge in [0.15, 0.2) is 0 Å². The van der Waals surface area contributed by atoms with Gasteiger partial charge in [-0.25, -0.2) is 0 Å². The van der Waals surface area contributed by atoms with Gasteiger partial charge < -0.3 is 4.28 Å². The molecule has 4 aromatic carbocycles. The molecular weight excluding hydrogens is 577 g/mol. The maximum absolute atomic E-state index is 7.50. The quantitative estimate of drug-likeness (QED) is 0.154. The smallest absolute Gasteiger partial charge is 1.00 e. The largest absolute Gasteiger partial charge is 3.00 e. The third-order valence-corrected chi connectivity index (χ3v) is 12.6. The Bertz CT molecular complexity index is 977. The molecule has 2 radical (unpaired) electrons. The Morgan fingerprint density at radius 2 is 0.703 bits per heavy atom. The monoisotopic (exact) mass is 614 g/mol. The van der Waals surface area contributed by atoms with Gasteiger partial charge in [-0.05, 0) is 86.9 Å². The summed E-state index contributed by atoms with van der Waals surface area (Å²) in [5, 5.41) is 6.12. The van der Waals surface area contributed by atoms with Crippen LogP contribution in [-0.4, -0.2) is 19.1 Å². The van der Waals surface area contributed by atoms with E-state index in [-0.39, 0.29) is 39.6 Å². The molecule has 0 spiro atoms. The molecule has 0 bridgehead atoms. The van der Waals surface area contributed by atoms with Gasteiger partial charge in [-0.2, -0.15) is 0 Å². The van der Waals surface area contributed by atoms with Crippen molar-refractivity contribution in [3.63, 3.8) is 0 Å². The Kier molecular flexibility index (Phi) is 12.9. The normalized spacial score (nSPS) is 16.9. The van der Waals surface area contributed by atoms with E-state index >= 15 is 0 Å². The van der Waals surface area contributed by atoms with Crippen LogP contribution in [0.4, 0.5) is 0 Å². The molecule has 0 heterocycles. The van der Waals surface area contributed by atoms with E-state index in [9.17, 15) is 0 Å². The Hall–Kier alpha value is -1.97. The average molecular weight is 615 g/mol. The second-order valence-corrected chi connectivity index (χ2v) is 14.0. The zero-order valence-electron chi connectivity index (χ0n) is 24.1. The second kappa shape index (κ2) is 16.1. The number of rotatable bonds is 8. The second-order valence-electron chi connectivity index (χ2n) is 9.45. The molecule has 1 aliphatic rings. The van der Waals surface area contributed by atoms with Gasteiger partial charge >= 0.3 is 19.5 Å². The molecule has 0 amide bonds. The van der Waals surface area contributed by atoms with E-state index in [4.69, 9.17) is 4.79 Å². The van der Waals surface area contributed by atoms with E-state index in [0.717, 1.165) is 11.8 Å². The SMILES string of the molecule is [C]=O.[H-].[H-].[H-].[Rh+3].c1ccc(P(CC2CCC(CP(c3ccccc3)c3ccccc3)CC2)c2ccccc2)cc1. The molecule has 37 heavy (non-hydrogen) atoms. The van der Waals surface area contributed by atoms with Gasteiger partial charge in [-0.1, -0.05) is 121 Å². The molecule has 1 nitrogen and oxygen atoms in total. The summed E-state index contributed by atoms with van der Waals surface area (Å²) >= 11 is 0. The minimum atomic E-state index is -0.273. The van der Waals surface area contributed by atoms with E-state index in [1.54, 1.807) is 0 Å². The van der Waals surface area contributed by atoms with E-state index in [1.807, 2.05) is 0 Å². The molecule has 194 valence electrons. The van der Waals surface area contributed by atoms with Crippen LogP contribution in [0.1, 0.15) is 30.0 Å². The topological polar surface area (TPSA) is 17.1 Å². The third kappa shape index (κ3) is 8.52. The Balaban J connectivity index is 0.00000248. The standard InChI is InChI=1S/C32H34P2.CO.Rh.3H/c1-5-13-29(14-6-1)33(30-15-7-2-8-16-30)25-27-21-23-28(24-22-27)26-34(31-17-9-3-10-18-31)32-19-11-4-12-20-32;1-2;;;;/h1-20,27-28H,21-26H2;;;;;/q;;+3;3*-1. The van der Waals surface area contributed by atoms with Gasteiger partial charge in [0.05, 0.1) is 0 Å². The number of hydrogen-bond donors (Lipinski definition) is 0. The molecule has 0 aliphatic heterocycles. The first kappa shape index (κ1) is 29.6. The maximum Gasteiger partial charge on any atom is 3.00 e. The number of benzene rings is 4. The Morgan fingerprint density at radius 1 is 0.486 bits per heavy atom. The first-order chi connectivity index (χ1) is 17.9. The zero-order chi connectivity index (χ0) is 25.0. The molecule has 5 rings (SSSR count). The maximum atomic E-state index is 7.50. The van der Waals surface area contributed by atoms with Gasteiger partial charge in [0.2, 0.25) is 0 Å². The average Bonchev–Trinajstić information content (AvgIpc) is 2.98. The van der Waals surface area contributed by atoms with Gasteiger partial charge in [0, 0.05) is 0 Å². The minimum absolute atomic E-state index is 0. The summed E-state index contributed by atoms with van der Waals surface area (Å²) in [6.45, 7) is 4.50. The molecule has 0 saturated heterocycles. The summed E-state index contributed by atoms with van der Waals surface area (Å²) in [4.78, 5) is 7.50. The molecular formula is C33H37OP2Rh. The van der Waals surface area contributed by atoms with Crippen molar-refractivity contribution in [1.82, 2.24) is 0 Å². The first-order valence-electron chi connectivity index (χ1n) is 12.8. The molecule has 0 atom stereocenters. The Labute approximate surface area is 242 Å². The predicted octanol–water partition coefficient (Wildman–Crippen LogP) is 7.00. The van der Waals surface area contributed by atoms with E-state index < -0.39 is 0 Å². The molecule has 0 N–H and O–H groups in total. The van der Waals surface area contributed by atoms with Crippen molar-refractivity contribution >= 4 is 43.9 Å². The molecule has 4 aromatic rings. The van der Waals surface area contributed by atoms with Crippen molar-refractivity contribution in [3.05, 3.63) is 121 Å². The number of hydrogen-bond acceptors (Lipinski definition) is 1. The van der Waals surface area contributed by atoms with Crippen molar-refractivity contribution < 1.29 is 28.6 Å². The van der Waals surface area contributed by atoms with E-state index in [1.165, 1.54) is 59.2 Å². The molecule has 4 heteroatoms. The fourth-order valence-corrected chi connectivity index (χ4v) is 10.6. The molecule has 0 unspecified atom stereocenters. The molecule has 1 aliphatic carbocycles. The van der Waals surface area contributed by atoms with Crippen molar-refractivity contribution in [2.45, 2.75) is 25.7 Å². The van der Waals surface area contributed by atoms with Crippen LogP contribution in [0.25, 0.3) is 0 Å². The summed E-state index contributed by atoms with van der Waals surface area (Å²) in [5.74, 6) is 1.70. The fourth-order valence-electron chi connectivity index (χ4n) is 5.26. The zero-order valence-corrected chi connectivity index (χ0v) is 24.5. The van der Waals surface area contributed by atoms with Crippen LogP contribution in [0.2, 0.25) is 0 Å². The third-order valence-electron chi connectivity index (χ3n) is 7.12. The van der Waals surface area contributed by atoms with Gasteiger partial charge in [0.25, 0.3) is 6.79 Å². The van der Waals surface area contributed by atoms with Gasteiger partial charge in [0.1, 0.15) is 0 Å². The van der Waals surface area contributed by atoms with Crippen LogP contribution in [0.5, 0.6) is 0 Å². The van der Waals surface area contributed by atoms with Crippen LogP contribution in [0.3, 0.4) is 0 Å². The van der Waals surface area contributed by atoms with Crippen molar-refractivity contribution in [2.75, 3.05) is 12.3 Å². The van der Waals surface area contributed by atoms with E-state index in [2.05, 4.69) is 128 Å². The van der Waals surface area contributed by atoms with Crippen LogP contribution >= 0.6 is 15.8 Å². The summed E-state index contributed by atoms with van der Waals surface area (Å²) in [6, 6.07) is 45.0.